The summed E-state index contributed by atoms with van der Waals surface area (Å²) in [4.78, 5) is 40.1. The van der Waals surface area contributed by atoms with E-state index in [1.165, 1.54) is 14.2 Å². The quantitative estimate of drug-likeness (QED) is 0.385. The first-order chi connectivity index (χ1) is 17.8. The molecule has 1 atom stereocenters. The summed E-state index contributed by atoms with van der Waals surface area (Å²) < 4.78 is 15.8. The average Bonchev–Trinajstić information content (AvgIpc) is 2.88. The van der Waals surface area contributed by atoms with Gasteiger partial charge in [-0.3, -0.25) is 4.90 Å². The van der Waals surface area contributed by atoms with Crippen molar-refractivity contribution in [1.29, 1.82) is 0 Å². The first kappa shape index (κ1) is 27.4. The van der Waals surface area contributed by atoms with Gasteiger partial charge in [0.05, 0.1) is 32.4 Å². The van der Waals surface area contributed by atoms with Crippen molar-refractivity contribution in [2.24, 2.45) is 0 Å². The van der Waals surface area contributed by atoms with E-state index in [0.717, 1.165) is 12.8 Å². The molecule has 0 spiro atoms. The SMILES string of the molecule is CCCCN1C(=O)NC(c2cccc(NC(=O)Nc3cc(OC)cc(OC)c3)c2)C(C(=O)OCC)=C1C. The van der Waals surface area contributed by atoms with E-state index in [9.17, 15) is 14.4 Å². The van der Waals surface area contributed by atoms with Gasteiger partial charge in [0.15, 0.2) is 0 Å². The molecule has 0 fully saturated rings. The van der Waals surface area contributed by atoms with Gasteiger partial charge in [0.2, 0.25) is 0 Å². The molecular formula is C27H34N4O6. The molecule has 2 aromatic carbocycles. The number of hydrogen-bond acceptors (Lipinski definition) is 6. The van der Waals surface area contributed by atoms with E-state index in [1.807, 2.05) is 6.92 Å². The third kappa shape index (κ3) is 6.72. The number of urea groups is 2. The van der Waals surface area contributed by atoms with Gasteiger partial charge < -0.3 is 30.2 Å². The molecule has 0 saturated heterocycles. The maximum atomic E-state index is 12.9. The van der Waals surface area contributed by atoms with Crippen LogP contribution in [0.3, 0.4) is 0 Å². The lowest BCUT2D eigenvalue weighted by molar-refractivity contribution is -0.139. The molecule has 1 heterocycles. The maximum absolute atomic E-state index is 12.9. The van der Waals surface area contributed by atoms with Gasteiger partial charge in [0.25, 0.3) is 0 Å². The summed E-state index contributed by atoms with van der Waals surface area (Å²) in [5.41, 5.74) is 2.52. The van der Waals surface area contributed by atoms with E-state index in [4.69, 9.17) is 14.2 Å². The van der Waals surface area contributed by atoms with Crippen molar-refractivity contribution in [3.63, 3.8) is 0 Å². The van der Waals surface area contributed by atoms with Crippen molar-refractivity contribution < 1.29 is 28.6 Å². The molecule has 10 nitrogen and oxygen atoms in total. The number of nitrogens with one attached hydrogen (secondary N) is 3. The molecule has 3 N–H and O–H groups in total. The fourth-order valence-corrected chi connectivity index (χ4v) is 4.06. The van der Waals surface area contributed by atoms with E-state index in [1.54, 1.807) is 61.2 Å². The van der Waals surface area contributed by atoms with Gasteiger partial charge in [-0.25, -0.2) is 14.4 Å². The van der Waals surface area contributed by atoms with Crippen LogP contribution in [0.25, 0.3) is 0 Å². The fourth-order valence-electron chi connectivity index (χ4n) is 4.06. The molecule has 0 bridgehead atoms. The van der Waals surface area contributed by atoms with E-state index in [2.05, 4.69) is 16.0 Å². The van der Waals surface area contributed by atoms with Crippen LogP contribution in [0.15, 0.2) is 53.7 Å². The van der Waals surface area contributed by atoms with Crippen molar-refractivity contribution in [1.82, 2.24) is 10.2 Å². The highest BCUT2D eigenvalue weighted by molar-refractivity contribution is 6.00. The minimum Gasteiger partial charge on any atom is -0.497 e. The van der Waals surface area contributed by atoms with Crippen LogP contribution in [0, 0.1) is 0 Å². The lowest BCUT2D eigenvalue weighted by atomic mass is 9.94. The first-order valence-electron chi connectivity index (χ1n) is 12.2. The van der Waals surface area contributed by atoms with Gasteiger partial charge in [-0.1, -0.05) is 25.5 Å². The summed E-state index contributed by atoms with van der Waals surface area (Å²) in [6, 6.07) is 10.5. The molecule has 0 aliphatic carbocycles. The summed E-state index contributed by atoms with van der Waals surface area (Å²) in [6.45, 7) is 6.24. The Labute approximate surface area is 217 Å². The number of rotatable bonds is 10. The van der Waals surface area contributed by atoms with Crippen LogP contribution in [-0.2, 0) is 9.53 Å². The Hall–Kier alpha value is -4.21. The molecular weight excluding hydrogens is 476 g/mol. The molecule has 0 saturated carbocycles. The number of allylic oxidation sites excluding steroid dienone is 1. The molecule has 1 aliphatic heterocycles. The molecule has 4 amide bonds. The van der Waals surface area contributed by atoms with Crippen molar-refractivity contribution in [2.45, 2.75) is 39.7 Å². The second kappa shape index (κ2) is 12.7. The van der Waals surface area contributed by atoms with E-state index in [0.29, 0.717) is 46.3 Å². The lowest BCUT2D eigenvalue weighted by Crippen LogP contribution is -2.48. The largest absolute Gasteiger partial charge is 0.497 e. The molecule has 0 aromatic heterocycles. The third-order valence-electron chi connectivity index (χ3n) is 5.91. The molecule has 10 heteroatoms. The molecule has 2 aromatic rings. The Morgan fingerprint density at radius 2 is 1.68 bits per heavy atom. The fraction of sp³-hybridized carbons (Fsp3) is 0.370. The number of carbonyl (C=O) groups is 3. The topological polar surface area (TPSA) is 118 Å². The van der Waals surface area contributed by atoms with Crippen LogP contribution in [-0.4, -0.2) is 50.3 Å². The number of unbranched alkanes of at least 4 members (excludes halogenated alkanes) is 1. The van der Waals surface area contributed by atoms with Crippen LogP contribution in [0.4, 0.5) is 21.0 Å². The number of methoxy groups -OCH3 is 2. The highest BCUT2D eigenvalue weighted by Gasteiger charge is 2.36. The van der Waals surface area contributed by atoms with Crippen LogP contribution >= 0.6 is 0 Å². The van der Waals surface area contributed by atoms with Crippen molar-refractivity contribution in [3.8, 4) is 11.5 Å². The van der Waals surface area contributed by atoms with Gasteiger partial charge in [-0.15, -0.1) is 0 Å². The number of amides is 4. The average molecular weight is 511 g/mol. The van der Waals surface area contributed by atoms with E-state index >= 15 is 0 Å². The molecule has 37 heavy (non-hydrogen) atoms. The van der Waals surface area contributed by atoms with Crippen LogP contribution in [0.1, 0.15) is 45.2 Å². The Kier molecular flexibility index (Phi) is 9.37. The summed E-state index contributed by atoms with van der Waals surface area (Å²) in [5, 5.41) is 8.47. The van der Waals surface area contributed by atoms with Gasteiger partial charge in [-0.05, 0) is 38.0 Å². The minimum atomic E-state index is -0.725. The molecule has 0 radical (unpaired) electrons. The summed E-state index contributed by atoms with van der Waals surface area (Å²) in [6.07, 6.45) is 1.72. The number of nitrogens with zero attached hydrogens (tertiary/aromatic N) is 1. The number of ether oxygens (including phenoxy) is 3. The maximum Gasteiger partial charge on any atom is 0.338 e. The lowest BCUT2D eigenvalue weighted by Gasteiger charge is -2.35. The van der Waals surface area contributed by atoms with Crippen molar-refractivity contribution >= 4 is 29.4 Å². The molecule has 198 valence electrons. The normalized spacial score (nSPS) is 15.1. The standard InChI is InChI=1S/C27H34N4O6/c1-6-8-12-31-17(3)23(25(32)37-7-2)24(30-27(31)34)18-10-9-11-19(13-18)28-26(33)29-20-14-21(35-4)16-22(15-20)36-5/h9-11,13-16,24H,6-8,12H2,1-5H3,(H,30,34)(H2,28,29,33). The second-order valence-electron chi connectivity index (χ2n) is 8.41. The zero-order chi connectivity index (χ0) is 26.9. The minimum absolute atomic E-state index is 0.210. The predicted molar refractivity (Wildman–Crippen MR) is 141 cm³/mol. The number of benzene rings is 2. The monoisotopic (exact) mass is 510 g/mol. The molecule has 1 aliphatic rings. The highest BCUT2D eigenvalue weighted by Crippen LogP contribution is 2.33. The summed E-state index contributed by atoms with van der Waals surface area (Å²) in [7, 11) is 3.05. The number of hydrogen-bond donors (Lipinski definition) is 3. The van der Waals surface area contributed by atoms with Crippen LogP contribution < -0.4 is 25.4 Å². The van der Waals surface area contributed by atoms with Gasteiger partial charge in [0.1, 0.15) is 11.5 Å². The molecule has 1 unspecified atom stereocenters. The zero-order valence-corrected chi connectivity index (χ0v) is 21.8. The Bertz CT molecular complexity index is 1160. The summed E-state index contributed by atoms with van der Waals surface area (Å²) >= 11 is 0. The second-order valence-corrected chi connectivity index (χ2v) is 8.41. The summed E-state index contributed by atoms with van der Waals surface area (Å²) in [5.74, 6) is 0.576. The van der Waals surface area contributed by atoms with Gasteiger partial charge >= 0.3 is 18.0 Å². The Balaban J connectivity index is 1.85. The van der Waals surface area contributed by atoms with Crippen molar-refractivity contribution in [3.05, 3.63) is 59.3 Å². The van der Waals surface area contributed by atoms with Gasteiger partial charge in [-0.2, -0.15) is 0 Å². The molecule has 3 rings (SSSR count). The van der Waals surface area contributed by atoms with E-state index < -0.39 is 18.0 Å². The first-order valence-corrected chi connectivity index (χ1v) is 12.2. The smallest absolute Gasteiger partial charge is 0.338 e. The van der Waals surface area contributed by atoms with Gasteiger partial charge in [0, 0.05) is 41.8 Å². The number of carbonyl (C=O) groups excluding carboxylic acids is 3. The Morgan fingerprint density at radius 1 is 1.00 bits per heavy atom. The van der Waals surface area contributed by atoms with Crippen LogP contribution in [0.2, 0.25) is 0 Å². The Morgan fingerprint density at radius 3 is 2.30 bits per heavy atom. The predicted octanol–water partition coefficient (Wildman–Crippen LogP) is 5.05. The van der Waals surface area contributed by atoms with Crippen LogP contribution in [0.5, 0.6) is 11.5 Å². The third-order valence-corrected chi connectivity index (χ3v) is 5.91. The number of anilines is 2. The highest BCUT2D eigenvalue weighted by atomic mass is 16.5. The zero-order valence-electron chi connectivity index (χ0n) is 21.8. The number of esters is 1. The van der Waals surface area contributed by atoms with Crippen molar-refractivity contribution in [2.75, 3.05) is 38.0 Å². The van der Waals surface area contributed by atoms with E-state index in [-0.39, 0.29) is 12.6 Å².